The van der Waals surface area contributed by atoms with Crippen molar-refractivity contribution < 1.29 is 22.8 Å². The van der Waals surface area contributed by atoms with Gasteiger partial charge in [-0.2, -0.15) is 0 Å². The summed E-state index contributed by atoms with van der Waals surface area (Å²) >= 11 is 5.93. The summed E-state index contributed by atoms with van der Waals surface area (Å²) in [4.78, 5) is 25.6. The number of rotatable bonds is 2. The first kappa shape index (κ1) is 16.1. The van der Waals surface area contributed by atoms with Crippen molar-refractivity contribution in [2.45, 2.75) is 6.36 Å². The topological polar surface area (TPSA) is 85.2 Å². The third-order valence-corrected chi connectivity index (χ3v) is 3.60. The van der Waals surface area contributed by atoms with Crippen molar-refractivity contribution in [2.75, 3.05) is 0 Å². The maximum absolute atomic E-state index is 12.5. The Kier molecular flexibility index (Phi) is 3.60. The van der Waals surface area contributed by atoms with Gasteiger partial charge in [0.15, 0.2) is 5.43 Å². The van der Waals surface area contributed by atoms with Gasteiger partial charge in [-0.3, -0.25) is 14.9 Å². The molecule has 10 heteroatoms. The highest BCUT2D eigenvalue weighted by atomic mass is 35.5. The second kappa shape index (κ2) is 5.38. The van der Waals surface area contributed by atoms with Crippen molar-refractivity contribution in [3.05, 3.63) is 55.7 Å². The smallest absolute Gasteiger partial charge is 0.406 e. The molecule has 0 spiro atoms. The lowest BCUT2D eigenvalue weighted by atomic mass is 10.1. The van der Waals surface area contributed by atoms with Crippen LogP contribution in [0.4, 0.5) is 18.9 Å². The van der Waals surface area contributed by atoms with Gasteiger partial charge in [0.25, 0.3) is 5.69 Å². The van der Waals surface area contributed by atoms with Gasteiger partial charge >= 0.3 is 6.36 Å². The van der Waals surface area contributed by atoms with E-state index >= 15 is 0 Å². The number of ether oxygens (including phenoxy) is 1. The maximum Gasteiger partial charge on any atom is 0.573 e. The maximum atomic E-state index is 12.5. The molecule has 0 amide bonds. The second-order valence-electron chi connectivity index (χ2n) is 4.78. The number of nitro benzene ring substituents is 1. The Morgan fingerprint density at radius 1 is 1.21 bits per heavy atom. The molecular formula is C14H6ClF3N2O4. The van der Waals surface area contributed by atoms with E-state index < -0.39 is 22.5 Å². The zero-order valence-electron chi connectivity index (χ0n) is 11.5. The first-order valence-electron chi connectivity index (χ1n) is 6.36. The molecule has 3 rings (SSSR count). The first-order valence-corrected chi connectivity index (χ1v) is 6.73. The molecule has 0 unspecified atom stereocenters. The van der Waals surface area contributed by atoms with Crippen LogP contribution in [0.15, 0.2) is 35.1 Å². The van der Waals surface area contributed by atoms with Crippen LogP contribution in [0.25, 0.3) is 21.8 Å². The van der Waals surface area contributed by atoms with Crippen LogP contribution in [0.2, 0.25) is 5.02 Å². The van der Waals surface area contributed by atoms with Crippen molar-refractivity contribution in [1.29, 1.82) is 0 Å². The van der Waals surface area contributed by atoms with Crippen LogP contribution < -0.4 is 10.2 Å². The number of nitrogens with one attached hydrogen (secondary N) is 1. The SMILES string of the molecule is O=c1c2cc(OC(F)(F)F)ccc2[nH]c2c([N+](=O)[O-])ccc(Cl)c12. The van der Waals surface area contributed by atoms with E-state index in [0.29, 0.717) is 0 Å². The van der Waals surface area contributed by atoms with Gasteiger partial charge in [-0.05, 0) is 24.3 Å². The predicted octanol–water partition coefficient (Wildman–Crippen LogP) is 4.14. The molecule has 0 saturated carbocycles. The van der Waals surface area contributed by atoms with Crippen molar-refractivity contribution >= 4 is 39.1 Å². The summed E-state index contributed by atoms with van der Waals surface area (Å²) in [6.45, 7) is 0. The number of benzene rings is 2. The number of hydrogen-bond acceptors (Lipinski definition) is 4. The number of H-pyrrole nitrogens is 1. The van der Waals surface area contributed by atoms with E-state index in [1.807, 2.05) is 0 Å². The summed E-state index contributed by atoms with van der Waals surface area (Å²) in [6.07, 6.45) is -4.91. The fourth-order valence-corrected chi connectivity index (χ4v) is 2.60. The summed E-state index contributed by atoms with van der Waals surface area (Å²) in [7, 11) is 0. The number of hydrogen-bond donors (Lipinski definition) is 1. The van der Waals surface area contributed by atoms with Crippen molar-refractivity contribution in [3.63, 3.8) is 0 Å². The zero-order valence-corrected chi connectivity index (χ0v) is 12.2. The summed E-state index contributed by atoms with van der Waals surface area (Å²) in [5.41, 5.74) is -1.09. The van der Waals surface area contributed by atoms with E-state index in [1.165, 1.54) is 12.1 Å². The Labute approximate surface area is 135 Å². The molecule has 124 valence electrons. The molecule has 0 radical (unpaired) electrons. The van der Waals surface area contributed by atoms with Crippen LogP contribution >= 0.6 is 11.6 Å². The van der Waals surface area contributed by atoms with Gasteiger partial charge in [-0.1, -0.05) is 11.6 Å². The largest absolute Gasteiger partial charge is 0.573 e. The Morgan fingerprint density at radius 2 is 1.92 bits per heavy atom. The van der Waals surface area contributed by atoms with Crippen LogP contribution in [-0.2, 0) is 0 Å². The van der Waals surface area contributed by atoms with Gasteiger partial charge in [0.2, 0.25) is 0 Å². The number of alkyl halides is 3. The quantitative estimate of drug-likeness (QED) is 0.424. The van der Waals surface area contributed by atoms with E-state index in [1.54, 1.807) is 0 Å². The lowest BCUT2D eigenvalue weighted by Gasteiger charge is -2.10. The van der Waals surface area contributed by atoms with Crippen LogP contribution in [0, 0.1) is 10.1 Å². The highest BCUT2D eigenvalue weighted by Crippen LogP contribution is 2.31. The number of aromatic nitrogens is 1. The van der Waals surface area contributed by atoms with E-state index in [-0.39, 0.29) is 32.5 Å². The lowest BCUT2D eigenvalue weighted by Crippen LogP contribution is -2.17. The zero-order chi connectivity index (χ0) is 17.6. The second-order valence-corrected chi connectivity index (χ2v) is 5.19. The van der Waals surface area contributed by atoms with E-state index in [2.05, 4.69) is 9.72 Å². The number of fused-ring (bicyclic) bond motifs is 2. The molecule has 0 bridgehead atoms. The van der Waals surface area contributed by atoms with Gasteiger partial charge in [-0.25, -0.2) is 0 Å². The minimum atomic E-state index is -4.91. The molecule has 0 aliphatic heterocycles. The number of pyridine rings is 1. The number of aromatic amines is 1. The van der Waals surface area contributed by atoms with Crippen LogP contribution in [-0.4, -0.2) is 16.3 Å². The highest BCUT2D eigenvalue weighted by molar-refractivity contribution is 6.36. The van der Waals surface area contributed by atoms with Crippen LogP contribution in [0.1, 0.15) is 0 Å². The highest BCUT2D eigenvalue weighted by Gasteiger charge is 2.31. The molecule has 0 fully saturated rings. The minimum Gasteiger partial charge on any atom is -0.406 e. The Hall–Kier alpha value is -2.81. The fraction of sp³-hybridized carbons (Fsp3) is 0.0714. The van der Waals surface area contributed by atoms with Gasteiger partial charge in [0, 0.05) is 11.5 Å². The minimum absolute atomic E-state index is 0.0547. The summed E-state index contributed by atoms with van der Waals surface area (Å²) in [5.74, 6) is -0.582. The molecule has 24 heavy (non-hydrogen) atoms. The molecule has 1 aromatic heterocycles. The average Bonchev–Trinajstić information content (AvgIpc) is 2.46. The van der Waals surface area contributed by atoms with E-state index in [0.717, 1.165) is 18.2 Å². The standard InChI is InChI=1S/C14H6ClF3N2O4/c15-8-2-4-10(20(22)23)12-11(8)13(21)7-5-6(24-14(16,17)18)1-3-9(7)19-12/h1-5H,(H,19,21). The van der Waals surface area contributed by atoms with Crippen LogP contribution in [0.3, 0.4) is 0 Å². The summed E-state index contributed by atoms with van der Waals surface area (Å²) < 4.78 is 40.7. The van der Waals surface area contributed by atoms with Crippen LogP contribution in [0.5, 0.6) is 5.75 Å². The number of nitro groups is 1. The molecular weight excluding hydrogens is 353 g/mol. The van der Waals surface area contributed by atoms with Crippen molar-refractivity contribution in [3.8, 4) is 5.75 Å². The molecule has 0 aliphatic carbocycles. The van der Waals surface area contributed by atoms with E-state index in [4.69, 9.17) is 11.6 Å². The molecule has 0 saturated heterocycles. The molecule has 2 aromatic carbocycles. The molecule has 3 aromatic rings. The Bertz CT molecular complexity index is 1050. The monoisotopic (exact) mass is 358 g/mol. The number of halogens is 4. The summed E-state index contributed by atoms with van der Waals surface area (Å²) in [6, 6.07) is 5.37. The third kappa shape index (κ3) is 2.73. The van der Waals surface area contributed by atoms with Gasteiger partial charge in [0.1, 0.15) is 11.3 Å². The average molecular weight is 359 g/mol. The van der Waals surface area contributed by atoms with Crippen molar-refractivity contribution in [2.24, 2.45) is 0 Å². The Morgan fingerprint density at radius 3 is 2.54 bits per heavy atom. The summed E-state index contributed by atoms with van der Waals surface area (Å²) in [5, 5.41) is 10.7. The first-order chi connectivity index (χ1) is 11.2. The van der Waals surface area contributed by atoms with Crippen molar-refractivity contribution in [1.82, 2.24) is 4.98 Å². The molecule has 1 heterocycles. The number of nitrogens with zero attached hydrogens (tertiary/aromatic N) is 1. The molecule has 1 N–H and O–H groups in total. The van der Waals surface area contributed by atoms with Gasteiger partial charge < -0.3 is 9.72 Å². The molecule has 6 nitrogen and oxygen atoms in total. The normalized spacial score (nSPS) is 11.8. The van der Waals surface area contributed by atoms with Gasteiger partial charge in [0.05, 0.1) is 20.8 Å². The molecule has 0 aliphatic rings. The predicted molar refractivity (Wildman–Crippen MR) is 80.4 cm³/mol. The van der Waals surface area contributed by atoms with E-state index in [9.17, 15) is 28.1 Å². The number of non-ortho nitro benzene ring substituents is 1. The third-order valence-electron chi connectivity index (χ3n) is 3.29. The lowest BCUT2D eigenvalue weighted by molar-refractivity contribution is -0.383. The Balaban J connectivity index is 2.36. The van der Waals surface area contributed by atoms with Gasteiger partial charge in [-0.15, -0.1) is 13.2 Å². The fourth-order valence-electron chi connectivity index (χ4n) is 2.35. The molecule has 0 atom stereocenters.